The first kappa shape index (κ1) is 33.6. The molecule has 0 saturated carbocycles. The van der Waals surface area contributed by atoms with Crippen molar-refractivity contribution >= 4 is 11.9 Å². The molecule has 0 aromatic heterocycles. The van der Waals surface area contributed by atoms with Gasteiger partial charge in [0, 0.05) is 18.7 Å². The summed E-state index contributed by atoms with van der Waals surface area (Å²) in [6.45, 7) is 34.4. The normalized spacial score (nSPS) is 15.4. The Balaban J connectivity index is 5.72. The number of esters is 1. The molecule has 2 unspecified atom stereocenters. The van der Waals surface area contributed by atoms with E-state index in [9.17, 15) is 9.59 Å². The van der Waals surface area contributed by atoms with Gasteiger partial charge < -0.3 is 14.8 Å². The molecule has 0 aromatic carbocycles. The van der Waals surface area contributed by atoms with E-state index in [1.165, 1.54) is 0 Å². The summed E-state index contributed by atoms with van der Waals surface area (Å²) < 4.78 is 12.4. The van der Waals surface area contributed by atoms with E-state index in [-0.39, 0.29) is 45.6 Å². The van der Waals surface area contributed by atoms with Crippen molar-refractivity contribution in [2.24, 2.45) is 27.6 Å². The van der Waals surface area contributed by atoms with Gasteiger partial charge in [0.2, 0.25) is 5.91 Å². The number of amides is 1. The predicted molar refractivity (Wildman–Crippen MR) is 147 cm³/mol. The highest BCUT2D eigenvalue weighted by Crippen LogP contribution is 2.51. The largest absolute Gasteiger partial charge is 0.460 e. The maximum absolute atomic E-state index is 13.3. The molecule has 0 spiro atoms. The molecular weight excluding hydrogens is 438 g/mol. The molecule has 0 rings (SSSR count). The minimum atomic E-state index is -0.516. The van der Waals surface area contributed by atoms with E-state index in [0.29, 0.717) is 25.1 Å². The minimum Gasteiger partial charge on any atom is -0.460 e. The van der Waals surface area contributed by atoms with Gasteiger partial charge in [0.25, 0.3) is 0 Å². The van der Waals surface area contributed by atoms with Gasteiger partial charge in [-0.3, -0.25) is 9.59 Å². The van der Waals surface area contributed by atoms with Crippen molar-refractivity contribution in [2.45, 2.75) is 128 Å². The zero-order valence-corrected chi connectivity index (χ0v) is 25.5. The predicted octanol–water partition coefficient (Wildman–Crippen LogP) is 7.34. The van der Waals surface area contributed by atoms with Crippen LogP contribution < -0.4 is 5.32 Å². The lowest BCUT2D eigenvalue weighted by Gasteiger charge is -2.50. The smallest absolute Gasteiger partial charge is 0.310 e. The molecular formula is C30H57NO4. The molecule has 0 aromatic rings. The summed E-state index contributed by atoms with van der Waals surface area (Å²) in [4.78, 5) is 25.0. The standard InChI is InChI=1S/C30H57NO4/c1-21(2)24(32)31-17-16-18-34-23(20-26(3,4)5)30(14,15)29(12,13)19-22(27(6,7)8)25(33)35-28(9,10)11/h22-23H,1,16-20H2,2-15H3,(H,31,32). The van der Waals surface area contributed by atoms with Crippen LogP contribution in [0.1, 0.15) is 116 Å². The fourth-order valence-electron chi connectivity index (χ4n) is 4.05. The number of carbonyl (C=O) groups excluding carboxylic acids is 2. The number of nitrogens with one attached hydrogen (secondary N) is 1. The lowest BCUT2D eigenvalue weighted by atomic mass is 9.57. The number of ether oxygens (including phenoxy) is 2. The van der Waals surface area contributed by atoms with Gasteiger partial charge in [0.1, 0.15) is 5.60 Å². The van der Waals surface area contributed by atoms with Crippen LogP contribution in [0.15, 0.2) is 12.2 Å². The van der Waals surface area contributed by atoms with Crippen LogP contribution >= 0.6 is 0 Å². The molecule has 0 saturated heterocycles. The van der Waals surface area contributed by atoms with Crippen molar-refractivity contribution in [3.05, 3.63) is 12.2 Å². The van der Waals surface area contributed by atoms with E-state index in [0.717, 1.165) is 12.8 Å². The highest BCUT2D eigenvalue weighted by Gasteiger charge is 2.49. The lowest BCUT2D eigenvalue weighted by Crippen LogP contribution is -2.48. The van der Waals surface area contributed by atoms with Crippen molar-refractivity contribution < 1.29 is 19.1 Å². The van der Waals surface area contributed by atoms with Crippen LogP contribution in [0.25, 0.3) is 0 Å². The Morgan fingerprint density at radius 3 is 1.77 bits per heavy atom. The van der Waals surface area contributed by atoms with Crippen molar-refractivity contribution in [2.75, 3.05) is 13.2 Å². The summed E-state index contributed by atoms with van der Waals surface area (Å²) in [6, 6.07) is 0. The third kappa shape index (κ3) is 11.9. The molecule has 1 N–H and O–H groups in total. The van der Waals surface area contributed by atoms with Crippen LogP contribution in [0.3, 0.4) is 0 Å². The van der Waals surface area contributed by atoms with E-state index in [1.54, 1.807) is 6.92 Å². The first-order valence-corrected chi connectivity index (χ1v) is 13.2. The molecule has 0 fully saturated rings. The number of hydrogen-bond acceptors (Lipinski definition) is 4. The second kappa shape index (κ2) is 12.3. The summed E-state index contributed by atoms with van der Waals surface area (Å²) >= 11 is 0. The lowest BCUT2D eigenvalue weighted by molar-refractivity contribution is -0.169. The molecule has 5 nitrogen and oxygen atoms in total. The molecule has 0 aliphatic carbocycles. The average molecular weight is 496 g/mol. The average Bonchev–Trinajstić information content (AvgIpc) is 2.61. The Morgan fingerprint density at radius 1 is 0.857 bits per heavy atom. The van der Waals surface area contributed by atoms with E-state index < -0.39 is 5.60 Å². The van der Waals surface area contributed by atoms with Gasteiger partial charge >= 0.3 is 5.97 Å². The molecule has 206 valence electrons. The molecule has 0 bridgehead atoms. The van der Waals surface area contributed by atoms with Crippen LogP contribution in [-0.2, 0) is 19.1 Å². The highest BCUT2D eigenvalue weighted by atomic mass is 16.6. The Kier molecular flexibility index (Phi) is 11.8. The van der Waals surface area contributed by atoms with Crippen LogP contribution in [0, 0.1) is 27.6 Å². The van der Waals surface area contributed by atoms with Gasteiger partial charge in [0.05, 0.1) is 12.0 Å². The van der Waals surface area contributed by atoms with Crippen LogP contribution in [-0.4, -0.2) is 36.7 Å². The van der Waals surface area contributed by atoms with Gasteiger partial charge in [-0.15, -0.1) is 0 Å². The first-order valence-electron chi connectivity index (χ1n) is 13.2. The molecule has 5 heteroatoms. The Hall–Kier alpha value is -1.36. The quantitative estimate of drug-likeness (QED) is 0.175. The van der Waals surface area contributed by atoms with Crippen molar-refractivity contribution in [1.29, 1.82) is 0 Å². The summed E-state index contributed by atoms with van der Waals surface area (Å²) in [5.74, 6) is -0.480. The second-order valence-corrected chi connectivity index (χ2v) is 14.8. The fourth-order valence-corrected chi connectivity index (χ4v) is 4.05. The Morgan fingerprint density at radius 2 is 1.37 bits per heavy atom. The first-order chi connectivity index (χ1) is 15.4. The van der Waals surface area contributed by atoms with E-state index in [1.807, 2.05) is 20.8 Å². The van der Waals surface area contributed by atoms with Crippen molar-refractivity contribution in [1.82, 2.24) is 5.32 Å². The number of carbonyl (C=O) groups is 2. The summed E-state index contributed by atoms with van der Waals surface area (Å²) in [5, 5.41) is 2.88. The zero-order valence-electron chi connectivity index (χ0n) is 25.5. The van der Waals surface area contributed by atoms with Gasteiger partial charge in [-0.1, -0.05) is 75.8 Å². The monoisotopic (exact) mass is 495 g/mol. The van der Waals surface area contributed by atoms with Gasteiger partial charge in [-0.05, 0) is 68.6 Å². The molecule has 2 atom stereocenters. The van der Waals surface area contributed by atoms with Crippen LogP contribution in [0.5, 0.6) is 0 Å². The maximum atomic E-state index is 13.3. The van der Waals surface area contributed by atoms with Crippen molar-refractivity contribution in [3.8, 4) is 0 Å². The maximum Gasteiger partial charge on any atom is 0.310 e. The van der Waals surface area contributed by atoms with Crippen LogP contribution in [0.2, 0.25) is 0 Å². The molecule has 1 amide bonds. The molecule has 0 aliphatic heterocycles. The summed E-state index contributed by atoms with van der Waals surface area (Å²) in [7, 11) is 0. The SMILES string of the molecule is C=C(C)C(=O)NCCCOC(CC(C)(C)C)C(C)(C)C(C)(C)CC(C(=O)OC(C)(C)C)C(C)(C)C. The highest BCUT2D eigenvalue weighted by molar-refractivity contribution is 5.92. The fraction of sp³-hybridized carbons (Fsp3) is 0.867. The van der Waals surface area contributed by atoms with Crippen LogP contribution in [0.4, 0.5) is 0 Å². The van der Waals surface area contributed by atoms with Gasteiger partial charge in [-0.2, -0.15) is 0 Å². The molecule has 35 heavy (non-hydrogen) atoms. The second-order valence-electron chi connectivity index (χ2n) is 14.8. The third-order valence-electron chi connectivity index (χ3n) is 7.11. The topological polar surface area (TPSA) is 64.6 Å². The zero-order chi connectivity index (χ0) is 28.0. The van der Waals surface area contributed by atoms with Gasteiger partial charge in [0.15, 0.2) is 0 Å². The van der Waals surface area contributed by atoms with E-state index in [2.05, 4.69) is 81.1 Å². The summed E-state index contributed by atoms with van der Waals surface area (Å²) in [6.07, 6.45) is 2.33. The van der Waals surface area contributed by atoms with E-state index in [4.69, 9.17) is 9.47 Å². The summed E-state index contributed by atoms with van der Waals surface area (Å²) in [5.41, 5.74) is -0.563. The van der Waals surface area contributed by atoms with Crippen molar-refractivity contribution in [3.63, 3.8) is 0 Å². The molecule has 0 aliphatic rings. The Labute approximate surface area is 217 Å². The minimum absolute atomic E-state index is 0.00593. The third-order valence-corrected chi connectivity index (χ3v) is 7.11. The molecule has 0 radical (unpaired) electrons. The van der Waals surface area contributed by atoms with Gasteiger partial charge in [-0.25, -0.2) is 0 Å². The molecule has 0 heterocycles. The Bertz CT molecular complexity index is 714. The number of hydrogen-bond donors (Lipinski definition) is 1. The number of rotatable bonds is 12. The van der Waals surface area contributed by atoms with E-state index >= 15 is 0 Å².